The van der Waals surface area contributed by atoms with Crippen molar-refractivity contribution in [1.29, 1.82) is 0 Å². The zero-order valence-electron chi connectivity index (χ0n) is 16.1. The van der Waals surface area contributed by atoms with E-state index in [4.69, 9.17) is 4.74 Å². The van der Waals surface area contributed by atoms with Gasteiger partial charge in [-0.2, -0.15) is 0 Å². The summed E-state index contributed by atoms with van der Waals surface area (Å²) in [6, 6.07) is 0. The van der Waals surface area contributed by atoms with Crippen LogP contribution in [0, 0.1) is 17.8 Å². The smallest absolute Gasteiger partial charge is 0.193 e. The van der Waals surface area contributed by atoms with Crippen LogP contribution in [0.15, 0.2) is 4.99 Å². The Morgan fingerprint density at radius 1 is 1.08 bits per heavy atom. The Hall–Kier alpha value is -0.0800. The maximum absolute atomic E-state index is 5.19. The van der Waals surface area contributed by atoms with Gasteiger partial charge in [0.25, 0.3) is 0 Å². The van der Waals surface area contributed by atoms with Crippen molar-refractivity contribution in [3.05, 3.63) is 0 Å². The number of fused-ring (bicyclic) bond motifs is 1. The molecule has 3 fully saturated rings. The summed E-state index contributed by atoms with van der Waals surface area (Å²) in [5.41, 5.74) is 0. The van der Waals surface area contributed by atoms with Gasteiger partial charge in [0, 0.05) is 40.3 Å². The van der Waals surface area contributed by atoms with Crippen LogP contribution >= 0.6 is 24.0 Å². The van der Waals surface area contributed by atoms with E-state index in [0.717, 1.165) is 43.4 Å². The lowest BCUT2D eigenvalue weighted by Gasteiger charge is -2.32. The fourth-order valence-electron chi connectivity index (χ4n) is 4.78. The van der Waals surface area contributed by atoms with Gasteiger partial charge < -0.3 is 19.9 Å². The molecule has 2 saturated heterocycles. The number of methoxy groups -OCH3 is 1. The van der Waals surface area contributed by atoms with Gasteiger partial charge in [-0.15, -0.1) is 24.0 Å². The molecular weight excluding hydrogens is 427 g/mol. The minimum atomic E-state index is 0. The Morgan fingerprint density at radius 3 is 2.28 bits per heavy atom. The summed E-state index contributed by atoms with van der Waals surface area (Å²) < 4.78 is 5.19. The first kappa shape index (κ1) is 21.2. The van der Waals surface area contributed by atoms with Crippen LogP contribution in [0.2, 0.25) is 0 Å². The second-order valence-corrected chi connectivity index (χ2v) is 7.92. The van der Waals surface area contributed by atoms with Crippen molar-refractivity contribution in [2.45, 2.75) is 38.5 Å². The van der Waals surface area contributed by atoms with E-state index in [1.807, 2.05) is 7.05 Å². The largest absolute Gasteiger partial charge is 0.383 e. The number of hydrogen-bond acceptors (Lipinski definition) is 3. The number of nitrogens with one attached hydrogen (secondary N) is 1. The topological polar surface area (TPSA) is 40.1 Å². The molecule has 3 rings (SSSR count). The minimum absolute atomic E-state index is 0. The number of aliphatic imine (C=N–C) groups is 1. The minimum Gasteiger partial charge on any atom is -0.383 e. The highest BCUT2D eigenvalue weighted by atomic mass is 127. The monoisotopic (exact) mass is 464 g/mol. The maximum atomic E-state index is 5.19. The number of rotatable bonds is 5. The predicted octanol–water partition coefficient (Wildman–Crippen LogP) is 2.66. The van der Waals surface area contributed by atoms with Crippen molar-refractivity contribution in [2.75, 3.05) is 60.0 Å². The number of ether oxygens (including phenoxy) is 1. The van der Waals surface area contributed by atoms with Crippen LogP contribution in [0.1, 0.15) is 38.5 Å². The van der Waals surface area contributed by atoms with Crippen LogP contribution in [-0.2, 0) is 4.74 Å². The average Bonchev–Trinajstić information content (AvgIpc) is 3.05. The third-order valence-electron chi connectivity index (χ3n) is 6.36. The summed E-state index contributed by atoms with van der Waals surface area (Å²) >= 11 is 0. The highest BCUT2D eigenvalue weighted by Gasteiger charge is 2.35. The highest BCUT2D eigenvalue weighted by Crippen LogP contribution is 2.35. The average molecular weight is 464 g/mol. The number of nitrogens with zero attached hydrogens (tertiary/aromatic N) is 3. The molecule has 0 amide bonds. The SMILES string of the molecule is CN=C(NCC1CCN(CCOC)CC1)N1CC2CCCCC2C1.I. The molecule has 0 aromatic carbocycles. The molecule has 0 aromatic heterocycles. The van der Waals surface area contributed by atoms with E-state index in [9.17, 15) is 0 Å². The standard InChI is InChI=1S/C19H36N4O.HI/c1-20-19(23-14-17-5-3-4-6-18(17)15-23)21-13-16-7-9-22(10-8-16)11-12-24-2;/h16-18H,3-15H2,1-2H3,(H,20,21);1H. The molecule has 0 radical (unpaired) electrons. The molecule has 25 heavy (non-hydrogen) atoms. The van der Waals surface area contributed by atoms with Crippen LogP contribution in [0.5, 0.6) is 0 Å². The van der Waals surface area contributed by atoms with Crippen molar-refractivity contribution in [3.8, 4) is 0 Å². The molecule has 0 spiro atoms. The molecule has 1 aliphatic carbocycles. The molecular formula is C19H37IN4O. The number of piperidine rings is 1. The number of hydrogen-bond donors (Lipinski definition) is 1. The molecule has 2 aliphatic heterocycles. The Balaban J connectivity index is 0.00000225. The first-order valence-corrected chi connectivity index (χ1v) is 9.97. The lowest BCUT2D eigenvalue weighted by atomic mass is 9.82. The summed E-state index contributed by atoms with van der Waals surface area (Å²) in [7, 11) is 3.73. The predicted molar refractivity (Wildman–Crippen MR) is 115 cm³/mol. The first-order valence-electron chi connectivity index (χ1n) is 9.97. The lowest BCUT2D eigenvalue weighted by Crippen LogP contribution is -2.44. The molecule has 0 bridgehead atoms. The zero-order valence-corrected chi connectivity index (χ0v) is 18.4. The van der Waals surface area contributed by atoms with Gasteiger partial charge >= 0.3 is 0 Å². The van der Waals surface area contributed by atoms with Gasteiger partial charge in [-0.25, -0.2) is 0 Å². The van der Waals surface area contributed by atoms with E-state index in [2.05, 4.69) is 20.1 Å². The Labute approximate surface area is 171 Å². The van der Waals surface area contributed by atoms with E-state index in [1.54, 1.807) is 7.11 Å². The Morgan fingerprint density at radius 2 is 1.72 bits per heavy atom. The third-order valence-corrected chi connectivity index (χ3v) is 6.36. The summed E-state index contributed by atoms with van der Waals surface area (Å²) in [4.78, 5) is 9.62. The molecule has 2 atom stereocenters. The summed E-state index contributed by atoms with van der Waals surface area (Å²) in [5.74, 6) is 3.76. The van der Waals surface area contributed by atoms with E-state index in [1.165, 1.54) is 64.7 Å². The van der Waals surface area contributed by atoms with E-state index >= 15 is 0 Å². The van der Waals surface area contributed by atoms with Gasteiger partial charge in [-0.1, -0.05) is 12.8 Å². The van der Waals surface area contributed by atoms with Crippen molar-refractivity contribution in [2.24, 2.45) is 22.7 Å². The molecule has 2 heterocycles. The summed E-state index contributed by atoms with van der Waals surface area (Å²) in [6.45, 7) is 7.88. The van der Waals surface area contributed by atoms with Crippen molar-refractivity contribution < 1.29 is 4.74 Å². The number of guanidine groups is 1. The fourth-order valence-corrected chi connectivity index (χ4v) is 4.78. The van der Waals surface area contributed by atoms with Crippen LogP contribution in [0.4, 0.5) is 0 Å². The molecule has 1 N–H and O–H groups in total. The molecule has 5 nitrogen and oxygen atoms in total. The van der Waals surface area contributed by atoms with Gasteiger partial charge in [-0.3, -0.25) is 4.99 Å². The van der Waals surface area contributed by atoms with Gasteiger partial charge in [0.15, 0.2) is 5.96 Å². The second kappa shape index (κ2) is 10.9. The zero-order chi connectivity index (χ0) is 16.8. The fraction of sp³-hybridized carbons (Fsp3) is 0.947. The van der Waals surface area contributed by atoms with Gasteiger partial charge in [0.1, 0.15) is 0 Å². The first-order chi connectivity index (χ1) is 11.8. The molecule has 0 aromatic rings. The van der Waals surface area contributed by atoms with Crippen molar-refractivity contribution in [1.82, 2.24) is 15.1 Å². The van der Waals surface area contributed by atoms with Gasteiger partial charge in [-0.05, 0) is 56.5 Å². The van der Waals surface area contributed by atoms with Crippen molar-refractivity contribution in [3.63, 3.8) is 0 Å². The van der Waals surface area contributed by atoms with Crippen LogP contribution in [-0.4, -0.2) is 75.8 Å². The normalized spacial score (nSPS) is 28.6. The molecule has 6 heteroatoms. The highest BCUT2D eigenvalue weighted by molar-refractivity contribution is 14.0. The van der Waals surface area contributed by atoms with Gasteiger partial charge in [0.2, 0.25) is 0 Å². The molecule has 2 unspecified atom stereocenters. The van der Waals surface area contributed by atoms with Crippen LogP contribution in [0.3, 0.4) is 0 Å². The lowest BCUT2D eigenvalue weighted by molar-refractivity contribution is 0.120. The molecule has 3 aliphatic rings. The Bertz CT molecular complexity index is 398. The van der Waals surface area contributed by atoms with Gasteiger partial charge in [0.05, 0.1) is 6.61 Å². The third kappa shape index (κ3) is 5.96. The van der Waals surface area contributed by atoms with E-state index < -0.39 is 0 Å². The molecule has 146 valence electrons. The van der Waals surface area contributed by atoms with E-state index in [0.29, 0.717) is 0 Å². The number of halogens is 1. The maximum Gasteiger partial charge on any atom is 0.193 e. The van der Waals surface area contributed by atoms with Crippen molar-refractivity contribution >= 4 is 29.9 Å². The second-order valence-electron chi connectivity index (χ2n) is 7.92. The quantitative estimate of drug-likeness (QED) is 0.386. The summed E-state index contributed by atoms with van der Waals surface area (Å²) in [5, 5.41) is 3.68. The van der Waals surface area contributed by atoms with E-state index in [-0.39, 0.29) is 24.0 Å². The number of likely N-dealkylation sites (tertiary alicyclic amines) is 2. The van der Waals surface area contributed by atoms with Crippen LogP contribution in [0.25, 0.3) is 0 Å². The molecule has 1 saturated carbocycles. The van der Waals surface area contributed by atoms with Crippen LogP contribution < -0.4 is 5.32 Å². The Kier molecular flexibility index (Phi) is 9.27. The summed E-state index contributed by atoms with van der Waals surface area (Å²) in [6.07, 6.45) is 8.31.